The zero-order chi connectivity index (χ0) is 14.5. The number of nitro groups is 1. The minimum absolute atomic E-state index is 0.0452. The third-order valence-corrected chi connectivity index (χ3v) is 2.98. The summed E-state index contributed by atoms with van der Waals surface area (Å²) in [5.41, 5.74) is 6.32. The van der Waals surface area contributed by atoms with Crippen molar-refractivity contribution >= 4 is 11.4 Å². The minimum atomic E-state index is -0.388. The third-order valence-electron chi connectivity index (χ3n) is 2.98. The van der Waals surface area contributed by atoms with Crippen molar-refractivity contribution in [2.24, 2.45) is 11.1 Å². The van der Waals surface area contributed by atoms with Crippen LogP contribution in [0.3, 0.4) is 0 Å². The molecule has 0 spiro atoms. The fraction of sp³-hybridized carbons (Fsp3) is 0.615. The van der Waals surface area contributed by atoms with Crippen LogP contribution in [0.2, 0.25) is 0 Å². The number of anilines is 1. The van der Waals surface area contributed by atoms with Crippen LogP contribution in [-0.2, 0) is 0 Å². The van der Waals surface area contributed by atoms with Crippen molar-refractivity contribution in [3.05, 3.63) is 28.6 Å². The quantitative estimate of drug-likeness (QED) is 0.604. The summed E-state index contributed by atoms with van der Waals surface area (Å²) >= 11 is 0. The molecule has 19 heavy (non-hydrogen) atoms. The topological polar surface area (TPSA) is 85.3 Å². The van der Waals surface area contributed by atoms with E-state index in [2.05, 4.69) is 25.8 Å². The van der Waals surface area contributed by atoms with Gasteiger partial charge in [-0.1, -0.05) is 20.8 Å². The van der Waals surface area contributed by atoms with E-state index in [0.29, 0.717) is 18.8 Å². The summed E-state index contributed by atoms with van der Waals surface area (Å²) in [6.45, 7) is 8.14. The molecule has 0 fully saturated rings. The van der Waals surface area contributed by atoms with Gasteiger partial charge in [0.05, 0.1) is 4.92 Å². The highest BCUT2D eigenvalue weighted by Crippen LogP contribution is 2.29. The maximum atomic E-state index is 11.1. The molecule has 6 heteroatoms. The Kier molecular flexibility index (Phi) is 5.23. The monoisotopic (exact) mass is 266 g/mol. The summed E-state index contributed by atoms with van der Waals surface area (Å²) in [4.78, 5) is 16.5. The van der Waals surface area contributed by atoms with Gasteiger partial charge in [-0.25, -0.2) is 0 Å². The predicted octanol–water partition coefficient (Wildman–Crippen LogP) is 2.19. The average molecular weight is 266 g/mol. The molecule has 0 bridgehead atoms. The first kappa shape index (κ1) is 15.4. The standard InChI is InChI=1S/C13H22N4O2/c1-4-7-16(10-13(2,3)9-14)11-5-6-15-8-12(11)17(18)19/h5-6,8H,4,7,9-10,14H2,1-3H3. The SMILES string of the molecule is CCCN(CC(C)(C)CN)c1ccncc1[N+](=O)[O-]. The Hall–Kier alpha value is -1.69. The second kappa shape index (κ2) is 6.47. The Morgan fingerprint density at radius 1 is 1.53 bits per heavy atom. The van der Waals surface area contributed by atoms with Gasteiger partial charge in [0.2, 0.25) is 0 Å². The number of rotatable bonds is 7. The first-order valence-electron chi connectivity index (χ1n) is 6.44. The fourth-order valence-electron chi connectivity index (χ4n) is 1.92. The minimum Gasteiger partial charge on any atom is -0.365 e. The second-order valence-electron chi connectivity index (χ2n) is 5.41. The fourth-order valence-corrected chi connectivity index (χ4v) is 1.92. The van der Waals surface area contributed by atoms with Crippen LogP contribution in [0.25, 0.3) is 0 Å². The first-order chi connectivity index (χ1) is 8.91. The molecule has 0 saturated carbocycles. The summed E-state index contributed by atoms with van der Waals surface area (Å²) in [6, 6.07) is 1.69. The molecule has 0 saturated heterocycles. The van der Waals surface area contributed by atoms with E-state index in [9.17, 15) is 10.1 Å². The molecule has 0 aliphatic heterocycles. The molecule has 0 unspecified atom stereocenters. The molecular formula is C13H22N4O2. The average Bonchev–Trinajstić information content (AvgIpc) is 2.38. The van der Waals surface area contributed by atoms with Crippen molar-refractivity contribution in [2.45, 2.75) is 27.2 Å². The van der Waals surface area contributed by atoms with Crippen molar-refractivity contribution in [3.63, 3.8) is 0 Å². The summed E-state index contributed by atoms with van der Waals surface area (Å²) in [5.74, 6) is 0. The summed E-state index contributed by atoms with van der Waals surface area (Å²) in [6.07, 6.45) is 3.80. The molecule has 0 amide bonds. The zero-order valence-electron chi connectivity index (χ0n) is 11.8. The van der Waals surface area contributed by atoms with Gasteiger partial charge in [-0.15, -0.1) is 0 Å². The Morgan fingerprint density at radius 2 is 2.21 bits per heavy atom. The van der Waals surface area contributed by atoms with E-state index in [-0.39, 0.29) is 16.0 Å². The predicted molar refractivity (Wildman–Crippen MR) is 76.2 cm³/mol. The number of aromatic nitrogens is 1. The van der Waals surface area contributed by atoms with Crippen LogP contribution >= 0.6 is 0 Å². The van der Waals surface area contributed by atoms with Crippen molar-refractivity contribution in [3.8, 4) is 0 Å². The second-order valence-corrected chi connectivity index (χ2v) is 5.41. The molecule has 106 valence electrons. The van der Waals surface area contributed by atoms with Gasteiger partial charge in [0.1, 0.15) is 11.9 Å². The highest BCUT2D eigenvalue weighted by molar-refractivity contribution is 5.61. The lowest BCUT2D eigenvalue weighted by atomic mass is 9.92. The molecule has 1 rings (SSSR count). The van der Waals surface area contributed by atoms with Gasteiger partial charge in [-0.2, -0.15) is 0 Å². The number of nitrogens with zero attached hydrogens (tertiary/aromatic N) is 3. The van der Waals surface area contributed by atoms with Gasteiger partial charge in [-0.3, -0.25) is 15.1 Å². The molecule has 0 aliphatic rings. The van der Waals surface area contributed by atoms with E-state index in [1.165, 1.54) is 6.20 Å². The summed E-state index contributed by atoms with van der Waals surface area (Å²) < 4.78 is 0. The molecular weight excluding hydrogens is 244 g/mol. The molecule has 1 heterocycles. The van der Waals surface area contributed by atoms with Gasteiger partial charge >= 0.3 is 5.69 Å². The Labute approximate surface area is 113 Å². The summed E-state index contributed by atoms with van der Waals surface area (Å²) in [5, 5.41) is 11.1. The third kappa shape index (κ3) is 4.17. The maximum Gasteiger partial charge on any atom is 0.310 e. The van der Waals surface area contributed by atoms with Crippen LogP contribution in [-0.4, -0.2) is 29.5 Å². The van der Waals surface area contributed by atoms with E-state index in [4.69, 9.17) is 5.73 Å². The van der Waals surface area contributed by atoms with Crippen LogP contribution in [0.4, 0.5) is 11.4 Å². The van der Waals surface area contributed by atoms with Crippen LogP contribution in [0, 0.1) is 15.5 Å². The van der Waals surface area contributed by atoms with Crippen molar-refractivity contribution < 1.29 is 4.92 Å². The highest BCUT2D eigenvalue weighted by atomic mass is 16.6. The van der Waals surface area contributed by atoms with Gasteiger partial charge in [0.25, 0.3) is 0 Å². The van der Waals surface area contributed by atoms with Crippen molar-refractivity contribution in [1.29, 1.82) is 0 Å². The van der Waals surface area contributed by atoms with Gasteiger partial charge < -0.3 is 10.6 Å². The maximum absolute atomic E-state index is 11.1. The van der Waals surface area contributed by atoms with Crippen LogP contribution in [0.5, 0.6) is 0 Å². The van der Waals surface area contributed by atoms with E-state index >= 15 is 0 Å². The summed E-state index contributed by atoms with van der Waals surface area (Å²) in [7, 11) is 0. The first-order valence-corrected chi connectivity index (χ1v) is 6.44. The van der Waals surface area contributed by atoms with Gasteiger partial charge in [-0.05, 0) is 24.4 Å². The lowest BCUT2D eigenvalue weighted by Gasteiger charge is -2.32. The molecule has 6 nitrogen and oxygen atoms in total. The largest absolute Gasteiger partial charge is 0.365 e. The number of pyridine rings is 1. The van der Waals surface area contributed by atoms with E-state index in [1.54, 1.807) is 12.3 Å². The zero-order valence-corrected chi connectivity index (χ0v) is 11.8. The van der Waals surface area contributed by atoms with E-state index in [1.807, 2.05) is 4.90 Å². The van der Waals surface area contributed by atoms with Crippen LogP contribution in [0.1, 0.15) is 27.2 Å². The van der Waals surface area contributed by atoms with Gasteiger partial charge in [0, 0.05) is 19.3 Å². The molecule has 0 radical (unpaired) electrons. The lowest BCUT2D eigenvalue weighted by molar-refractivity contribution is -0.384. The molecule has 0 atom stereocenters. The highest BCUT2D eigenvalue weighted by Gasteiger charge is 2.25. The number of hydrogen-bond donors (Lipinski definition) is 1. The van der Waals surface area contributed by atoms with Crippen molar-refractivity contribution in [1.82, 2.24) is 4.98 Å². The normalized spacial score (nSPS) is 11.4. The van der Waals surface area contributed by atoms with Gasteiger partial charge in [0.15, 0.2) is 0 Å². The molecule has 1 aromatic heterocycles. The molecule has 0 aliphatic carbocycles. The van der Waals surface area contributed by atoms with Crippen LogP contribution in [0.15, 0.2) is 18.5 Å². The Bertz CT molecular complexity index is 434. The molecule has 0 aromatic carbocycles. The number of nitrogens with two attached hydrogens (primary N) is 1. The van der Waals surface area contributed by atoms with Crippen LogP contribution < -0.4 is 10.6 Å². The molecule has 2 N–H and O–H groups in total. The lowest BCUT2D eigenvalue weighted by Crippen LogP contribution is -2.39. The van der Waals surface area contributed by atoms with E-state index in [0.717, 1.165) is 13.0 Å². The van der Waals surface area contributed by atoms with E-state index < -0.39 is 0 Å². The Morgan fingerprint density at radius 3 is 2.74 bits per heavy atom. The molecule has 1 aromatic rings. The smallest absolute Gasteiger partial charge is 0.310 e. The Balaban J connectivity index is 3.09. The van der Waals surface area contributed by atoms with Crippen molar-refractivity contribution in [2.75, 3.05) is 24.5 Å². The number of hydrogen-bond acceptors (Lipinski definition) is 5.